The number of nitrogens with zero attached hydrogens (tertiary/aromatic N) is 2. The number of allylic oxidation sites excluding steroid dienone is 6. The summed E-state index contributed by atoms with van der Waals surface area (Å²) in [5.41, 5.74) is 3.54. The number of ketones is 1. The zero-order valence-electron chi connectivity index (χ0n) is 18.5. The molecule has 0 fully saturated rings. The second-order valence-electron chi connectivity index (χ2n) is 8.40. The first-order valence-electron chi connectivity index (χ1n) is 10.4. The molecule has 0 atom stereocenters. The molecule has 33 heavy (non-hydrogen) atoms. The van der Waals surface area contributed by atoms with Gasteiger partial charge in [0.05, 0.1) is 18.1 Å². The number of hydrogen-bond acceptors (Lipinski definition) is 5. The van der Waals surface area contributed by atoms with Crippen LogP contribution >= 0.6 is 0 Å². The Kier molecular flexibility index (Phi) is 5.72. The van der Waals surface area contributed by atoms with Crippen LogP contribution in [-0.4, -0.2) is 17.8 Å². The first-order chi connectivity index (χ1) is 15.7. The van der Waals surface area contributed by atoms with Crippen LogP contribution in [0, 0.1) is 15.9 Å². The van der Waals surface area contributed by atoms with Crippen LogP contribution < -0.4 is 4.90 Å². The quantitative estimate of drug-likeness (QED) is 0.358. The van der Waals surface area contributed by atoms with Gasteiger partial charge in [-0.2, -0.15) is 0 Å². The van der Waals surface area contributed by atoms with Gasteiger partial charge in [-0.05, 0) is 41.5 Å². The molecule has 1 heterocycles. The lowest BCUT2D eigenvalue weighted by Gasteiger charge is -2.27. The first-order valence-corrected chi connectivity index (χ1v) is 10.4. The third-order valence-corrected chi connectivity index (χ3v) is 5.97. The Labute approximate surface area is 191 Å². The molecular weight excluding hydrogens is 423 g/mol. The minimum Gasteiger partial charge on any atom is -0.492 e. The minimum atomic E-state index is -0.553. The number of para-hydroxylation sites is 1. The summed E-state index contributed by atoms with van der Waals surface area (Å²) in [6, 6.07) is 14.4. The number of carbonyl (C=O) groups is 1. The van der Waals surface area contributed by atoms with Gasteiger partial charge in [-0.1, -0.05) is 44.2 Å². The van der Waals surface area contributed by atoms with Crippen LogP contribution in [0.4, 0.5) is 10.1 Å². The lowest BCUT2D eigenvalue weighted by molar-refractivity contribution is -0.419. The minimum absolute atomic E-state index is 0.0778. The van der Waals surface area contributed by atoms with E-state index in [0.29, 0.717) is 6.54 Å². The molecule has 0 amide bonds. The second-order valence-corrected chi connectivity index (χ2v) is 8.40. The molecule has 168 valence electrons. The molecule has 2 aromatic carbocycles. The van der Waals surface area contributed by atoms with Crippen LogP contribution in [0.1, 0.15) is 25.0 Å². The van der Waals surface area contributed by atoms with Gasteiger partial charge >= 0.3 is 0 Å². The van der Waals surface area contributed by atoms with E-state index in [0.717, 1.165) is 28.6 Å². The van der Waals surface area contributed by atoms with Gasteiger partial charge in [-0.15, -0.1) is 0 Å². The molecule has 1 aliphatic heterocycles. The van der Waals surface area contributed by atoms with E-state index in [1.54, 1.807) is 18.2 Å². The molecule has 0 aromatic heterocycles. The summed E-state index contributed by atoms with van der Waals surface area (Å²) >= 11 is 0. The van der Waals surface area contributed by atoms with Gasteiger partial charge in [0.15, 0.2) is 5.76 Å². The summed E-state index contributed by atoms with van der Waals surface area (Å²) in [6.45, 7) is 4.67. The maximum atomic E-state index is 13.4. The summed E-state index contributed by atoms with van der Waals surface area (Å²) in [5, 5.41) is 11.3. The monoisotopic (exact) mass is 446 g/mol. The topological polar surface area (TPSA) is 72.7 Å². The number of methoxy groups -OCH3 is 1. The third kappa shape index (κ3) is 4.09. The van der Waals surface area contributed by atoms with Crippen LogP contribution in [0.2, 0.25) is 0 Å². The average Bonchev–Trinajstić information content (AvgIpc) is 3.00. The third-order valence-electron chi connectivity index (χ3n) is 5.97. The zero-order chi connectivity index (χ0) is 23.8. The predicted molar refractivity (Wildman–Crippen MR) is 123 cm³/mol. The number of halogens is 1. The second kappa shape index (κ2) is 8.50. The predicted octanol–water partition coefficient (Wildman–Crippen LogP) is 5.21. The summed E-state index contributed by atoms with van der Waals surface area (Å²) in [4.78, 5) is 25.6. The number of anilines is 1. The average molecular weight is 446 g/mol. The number of fused-ring (bicyclic) bond motifs is 1. The number of ether oxygens (including phenoxy) is 1. The van der Waals surface area contributed by atoms with E-state index in [-0.39, 0.29) is 28.3 Å². The van der Waals surface area contributed by atoms with Crippen molar-refractivity contribution in [1.29, 1.82) is 0 Å². The molecule has 0 unspecified atom stereocenters. The molecule has 4 rings (SSSR count). The molecule has 2 aliphatic rings. The van der Waals surface area contributed by atoms with E-state index in [1.165, 1.54) is 25.3 Å². The Morgan fingerprint density at radius 1 is 1.09 bits per heavy atom. The maximum Gasteiger partial charge on any atom is 0.274 e. The van der Waals surface area contributed by atoms with E-state index in [9.17, 15) is 19.3 Å². The van der Waals surface area contributed by atoms with Crippen LogP contribution in [0.5, 0.6) is 0 Å². The van der Waals surface area contributed by atoms with E-state index >= 15 is 0 Å². The Hall–Kier alpha value is -4.00. The molecule has 0 radical (unpaired) electrons. The maximum absolute atomic E-state index is 13.4. The highest BCUT2D eigenvalue weighted by Gasteiger charge is 2.39. The zero-order valence-corrected chi connectivity index (χ0v) is 18.5. The van der Waals surface area contributed by atoms with E-state index < -0.39 is 10.7 Å². The van der Waals surface area contributed by atoms with E-state index in [2.05, 4.69) is 24.8 Å². The largest absolute Gasteiger partial charge is 0.492 e. The molecule has 7 heteroatoms. The molecule has 1 aliphatic carbocycles. The lowest BCUT2D eigenvalue weighted by Crippen LogP contribution is -2.26. The summed E-state index contributed by atoms with van der Waals surface area (Å²) in [7, 11) is 1.31. The first kappa shape index (κ1) is 22.2. The van der Waals surface area contributed by atoms with Crippen molar-refractivity contribution in [3.05, 3.63) is 123 Å². The van der Waals surface area contributed by atoms with Gasteiger partial charge in [0.2, 0.25) is 5.78 Å². The Balaban J connectivity index is 1.79. The highest BCUT2D eigenvalue weighted by Crippen LogP contribution is 2.48. The summed E-state index contributed by atoms with van der Waals surface area (Å²) < 4.78 is 18.5. The Bertz CT molecular complexity index is 1250. The summed E-state index contributed by atoms with van der Waals surface area (Å²) in [6.07, 6.45) is 5.80. The highest BCUT2D eigenvalue weighted by molar-refractivity contribution is 6.10. The lowest BCUT2D eigenvalue weighted by atomic mass is 9.83. The molecule has 0 spiro atoms. The molecule has 0 saturated carbocycles. The van der Waals surface area contributed by atoms with Crippen molar-refractivity contribution in [2.45, 2.75) is 25.8 Å². The number of hydrogen-bond donors (Lipinski definition) is 0. The molecule has 0 bridgehead atoms. The van der Waals surface area contributed by atoms with Crippen molar-refractivity contribution in [3.63, 3.8) is 0 Å². The van der Waals surface area contributed by atoms with Gasteiger partial charge in [0, 0.05) is 35.0 Å². The number of carbonyl (C=O) groups excluding carboxylic acids is 1. The highest BCUT2D eigenvalue weighted by atomic mass is 19.1. The van der Waals surface area contributed by atoms with Crippen LogP contribution in [0.25, 0.3) is 0 Å². The SMILES string of the molecule is COC1=CC([N+](=O)[O-])=C/C(=C/C=C2N(Cc3ccc(F)cc3)c3ccccc3C2(C)C)C1=O. The van der Waals surface area contributed by atoms with Gasteiger partial charge in [0.1, 0.15) is 5.82 Å². The molecule has 0 N–H and O–H groups in total. The molecular formula is C26H23FN2O4. The number of Topliss-reactive ketones (excluding diaryl/α,β-unsaturated/α-hetero) is 1. The fourth-order valence-corrected chi connectivity index (χ4v) is 4.24. The number of nitro groups is 1. The Morgan fingerprint density at radius 2 is 1.79 bits per heavy atom. The van der Waals surface area contributed by atoms with Crippen molar-refractivity contribution < 1.29 is 18.8 Å². The number of rotatable bonds is 5. The molecule has 2 aromatic rings. The molecule has 0 saturated heterocycles. The number of benzene rings is 2. The fraction of sp³-hybridized carbons (Fsp3) is 0.192. The Morgan fingerprint density at radius 3 is 2.45 bits per heavy atom. The van der Waals surface area contributed by atoms with Crippen molar-refractivity contribution >= 4 is 11.5 Å². The van der Waals surface area contributed by atoms with Gasteiger partial charge in [0.25, 0.3) is 5.70 Å². The van der Waals surface area contributed by atoms with Gasteiger partial charge in [-0.3, -0.25) is 14.9 Å². The van der Waals surface area contributed by atoms with Crippen molar-refractivity contribution in [3.8, 4) is 0 Å². The smallest absolute Gasteiger partial charge is 0.274 e. The fourth-order valence-electron chi connectivity index (χ4n) is 4.24. The summed E-state index contributed by atoms with van der Waals surface area (Å²) in [5.74, 6) is -0.795. The van der Waals surface area contributed by atoms with Crippen LogP contribution in [0.15, 0.2) is 95.6 Å². The van der Waals surface area contributed by atoms with Crippen molar-refractivity contribution in [2.24, 2.45) is 0 Å². The molecule has 6 nitrogen and oxygen atoms in total. The van der Waals surface area contributed by atoms with Crippen LogP contribution in [0.3, 0.4) is 0 Å². The van der Waals surface area contributed by atoms with Crippen LogP contribution in [-0.2, 0) is 21.5 Å². The van der Waals surface area contributed by atoms with Crippen molar-refractivity contribution in [2.75, 3.05) is 12.0 Å². The van der Waals surface area contributed by atoms with E-state index in [1.807, 2.05) is 24.3 Å². The van der Waals surface area contributed by atoms with Gasteiger partial charge < -0.3 is 9.64 Å². The van der Waals surface area contributed by atoms with Gasteiger partial charge in [-0.25, -0.2) is 4.39 Å². The standard InChI is InChI=1S/C26H23FN2O4/c1-26(2)21-6-4-5-7-22(21)28(16-17-8-11-19(27)12-9-17)24(26)13-10-18-14-20(29(31)32)15-23(33-3)25(18)30/h4-15H,16H2,1-3H3/b18-10-,24-13?. The van der Waals surface area contributed by atoms with Crippen molar-refractivity contribution in [1.82, 2.24) is 0 Å². The van der Waals surface area contributed by atoms with E-state index in [4.69, 9.17) is 4.74 Å². The normalized spacial score (nSPS) is 19.4.